The second kappa shape index (κ2) is 4.70. The lowest BCUT2D eigenvalue weighted by atomic mass is 9.99. The zero-order valence-corrected chi connectivity index (χ0v) is 9.75. The van der Waals surface area contributed by atoms with Crippen molar-refractivity contribution in [1.29, 1.82) is 0 Å². The number of Topliss-reactive ketones (excluding diaryl/α,β-unsaturated/α-hetero) is 1. The van der Waals surface area contributed by atoms with E-state index in [4.69, 9.17) is 4.74 Å². The highest BCUT2D eigenvalue weighted by atomic mass is 32.2. The van der Waals surface area contributed by atoms with Gasteiger partial charge in [0.15, 0.2) is 5.78 Å². The molecule has 1 aliphatic heterocycles. The molecule has 0 N–H and O–H groups in total. The maximum Gasteiger partial charge on any atom is 0.317 e. The van der Waals surface area contributed by atoms with Crippen molar-refractivity contribution >= 4 is 23.5 Å². The SMILES string of the molecule is CCOC(=O)C1CSc2ccccc2C1=O. The summed E-state index contributed by atoms with van der Waals surface area (Å²) in [4.78, 5) is 24.5. The number of benzene rings is 1. The van der Waals surface area contributed by atoms with Crippen LogP contribution in [-0.4, -0.2) is 24.1 Å². The van der Waals surface area contributed by atoms with Crippen LogP contribution in [0.25, 0.3) is 0 Å². The van der Waals surface area contributed by atoms with Gasteiger partial charge in [0.1, 0.15) is 5.92 Å². The second-order valence-corrected chi connectivity index (χ2v) is 4.54. The number of carbonyl (C=O) groups is 2. The number of thioether (sulfide) groups is 1. The molecular formula is C12H12O3S. The molecule has 0 saturated carbocycles. The normalized spacial score (nSPS) is 19.1. The first kappa shape index (κ1) is 11.2. The maximum absolute atomic E-state index is 12.0. The van der Waals surface area contributed by atoms with E-state index in [-0.39, 0.29) is 5.78 Å². The summed E-state index contributed by atoms with van der Waals surface area (Å²) < 4.78 is 4.89. The fraction of sp³-hybridized carbons (Fsp3) is 0.333. The van der Waals surface area contributed by atoms with Gasteiger partial charge in [-0.05, 0) is 13.0 Å². The standard InChI is InChI=1S/C12H12O3S/c1-2-15-12(14)9-7-16-10-6-4-3-5-8(10)11(9)13/h3-6,9H,2,7H2,1H3. The molecule has 0 aliphatic carbocycles. The summed E-state index contributed by atoms with van der Waals surface area (Å²) >= 11 is 1.53. The molecule has 84 valence electrons. The lowest BCUT2D eigenvalue weighted by Gasteiger charge is -2.20. The van der Waals surface area contributed by atoms with Crippen molar-refractivity contribution in [2.45, 2.75) is 11.8 Å². The molecule has 0 bridgehead atoms. The van der Waals surface area contributed by atoms with Gasteiger partial charge in [0.25, 0.3) is 0 Å². The van der Waals surface area contributed by atoms with E-state index in [1.165, 1.54) is 11.8 Å². The summed E-state index contributed by atoms with van der Waals surface area (Å²) in [5, 5.41) is 0. The van der Waals surface area contributed by atoms with Gasteiger partial charge in [-0.2, -0.15) is 0 Å². The number of ether oxygens (including phenoxy) is 1. The molecule has 0 spiro atoms. The third-order valence-corrected chi connectivity index (χ3v) is 3.61. The molecule has 0 amide bonds. The Kier molecular flexibility index (Phi) is 3.29. The summed E-state index contributed by atoms with van der Waals surface area (Å²) in [6.45, 7) is 2.06. The van der Waals surface area contributed by atoms with Gasteiger partial charge < -0.3 is 4.74 Å². The van der Waals surface area contributed by atoms with Gasteiger partial charge >= 0.3 is 5.97 Å². The Balaban J connectivity index is 2.24. The van der Waals surface area contributed by atoms with Crippen molar-refractivity contribution in [2.24, 2.45) is 5.92 Å². The van der Waals surface area contributed by atoms with Crippen molar-refractivity contribution in [1.82, 2.24) is 0 Å². The topological polar surface area (TPSA) is 43.4 Å². The highest BCUT2D eigenvalue weighted by Gasteiger charge is 2.34. The molecule has 16 heavy (non-hydrogen) atoms. The van der Waals surface area contributed by atoms with Crippen LogP contribution in [0.2, 0.25) is 0 Å². The van der Waals surface area contributed by atoms with Crippen LogP contribution in [0.3, 0.4) is 0 Å². The minimum absolute atomic E-state index is 0.118. The molecule has 4 heteroatoms. The minimum atomic E-state index is -0.639. The molecule has 3 nitrogen and oxygen atoms in total. The number of esters is 1. The van der Waals surface area contributed by atoms with Gasteiger partial charge in [-0.3, -0.25) is 9.59 Å². The van der Waals surface area contributed by atoms with E-state index < -0.39 is 11.9 Å². The molecule has 1 atom stereocenters. The number of hydrogen-bond donors (Lipinski definition) is 0. The van der Waals surface area contributed by atoms with Gasteiger partial charge in [0.2, 0.25) is 0 Å². The van der Waals surface area contributed by atoms with Crippen molar-refractivity contribution in [2.75, 3.05) is 12.4 Å². The smallest absolute Gasteiger partial charge is 0.317 e. The van der Waals surface area contributed by atoms with Crippen molar-refractivity contribution in [3.63, 3.8) is 0 Å². The monoisotopic (exact) mass is 236 g/mol. The number of hydrogen-bond acceptors (Lipinski definition) is 4. The summed E-state index contributed by atoms with van der Waals surface area (Å²) in [5.74, 6) is -0.684. The van der Waals surface area contributed by atoms with Crippen LogP contribution in [0.5, 0.6) is 0 Å². The number of carbonyl (C=O) groups excluding carboxylic acids is 2. The van der Waals surface area contributed by atoms with E-state index in [9.17, 15) is 9.59 Å². The summed E-state index contributed by atoms with van der Waals surface area (Å²) in [7, 11) is 0. The molecule has 1 aromatic carbocycles. The Morgan fingerprint density at radius 3 is 3.00 bits per heavy atom. The zero-order valence-electron chi connectivity index (χ0n) is 8.93. The molecule has 1 unspecified atom stereocenters. The number of ketones is 1. The Bertz CT molecular complexity index is 428. The predicted octanol–water partition coefficient (Wildman–Crippen LogP) is 2.15. The van der Waals surface area contributed by atoms with Crippen LogP contribution in [0.1, 0.15) is 17.3 Å². The Morgan fingerprint density at radius 1 is 1.50 bits per heavy atom. The van der Waals surface area contributed by atoms with Gasteiger partial charge in [-0.25, -0.2) is 0 Å². The maximum atomic E-state index is 12.0. The van der Waals surface area contributed by atoms with E-state index in [0.29, 0.717) is 17.9 Å². The van der Waals surface area contributed by atoms with Crippen molar-refractivity contribution in [3.8, 4) is 0 Å². The van der Waals surface area contributed by atoms with Crippen molar-refractivity contribution in [3.05, 3.63) is 29.8 Å². The molecule has 1 aliphatic rings. The molecule has 1 heterocycles. The third-order valence-electron chi connectivity index (χ3n) is 2.45. The Hall–Kier alpha value is -1.29. The molecule has 1 aromatic rings. The highest BCUT2D eigenvalue weighted by Crippen LogP contribution is 2.33. The van der Waals surface area contributed by atoms with E-state index in [1.54, 1.807) is 13.0 Å². The first-order chi connectivity index (χ1) is 7.74. The van der Waals surface area contributed by atoms with Gasteiger partial charge in [-0.15, -0.1) is 11.8 Å². The van der Waals surface area contributed by atoms with E-state index in [1.807, 2.05) is 18.2 Å². The van der Waals surface area contributed by atoms with Crippen LogP contribution >= 0.6 is 11.8 Å². The highest BCUT2D eigenvalue weighted by molar-refractivity contribution is 7.99. The lowest BCUT2D eigenvalue weighted by Crippen LogP contribution is -2.31. The first-order valence-electron chi connectivity index (χ1n) is 5.16. The molecule has 0 saturated heterocycles. The molecular weight excluding hydrogens is 224 g/mol. The van der Waals surface area contributed by atoms with Crippen LogP contribution in [-0.2, 0) is 9.53 Å². The first-order valence-corrected chi connectivity index (χ1v) is 6.15. The molecule has 0 fully saturated rings. The average molecular weight is 236 g/mol. The molecule has 2 rings (SSSR count). The van der Waals surface area contributed by atoms with Gasteiger partial charge in [0.05, 0.1) is 6.61 Å². The van der Waals surface area contributed by atoms with Crippen LogP contribution in [0.4, 0.5) is 0 Å². The number of rotatable bonds is 2. The van der Waals surface area contributed by atoms with Gasteiger partial charge in [-0.1, -0.05) is 18.2 Å². The zero-order chi connectivity index (χ0) is 11.5. The van der Waals surface area contributed by atoms with E-state index >= 15 is 0 Å². The summed E-state index contributed by atoms with van der Waals surface area (Å²) in [6.07, 6.45) is 0. The van der Waals surface area contributed by atoms with Crippen LogP contribution in [0.15, 0.2) is 29.2 Å². The minimum Gasteiger partial charge on any atom is -0.465 e. The third kappa shape index (κ3) is 1.97. The fourth-order valence-electron chi connectivity index (χ4n) is 1.65. The predicted molar refractivity (Wildman–Crippen MR) is 61.6 cm³/mol. The quantitative estimate of drug-likeness (QED) is 0.583. The average Bonchev–Trinajstić information content (AvgIpc) is 2.30. The second-order valence-electron chi connectivity index (χ2n) is 3.48. The Labute approximate surface area is 98.2 Å². The fourth-order valence-corrected chi connectivity index (χ4v) is 2.78. The largest absolute Gasteiger partial charge is 0.465 e. The van der Waals surface area contributed by atoms with E-state index in [2.05, 4.69) is 0 Å². The van der Waals surface area contributed by atoms with E-state index in [0.717, 1.165) is 4.90 Å². The van der Waals surface area contributed by atoms with Crippen LogP contribution < -0.4 is 0 Å². The van der Waals surface area contributed by atoms with Crippen LogP contribution in [0, 0.1) is 5.92 Å². The van der Waals surface area contributed by atoms with Crippen molar-refractivity contribution < 1.29 is 14.3 Å². The summed E-state index contributed by atoms with van der Waals surface area (Å²) in [6, 6.07) is 7.37. The van der Waals surface area contributed by atoms with Gasteiger partial charge in [0, 0.05) is 16.2 Å². The molecule has 0 radical (unpaired) electrons. The summed E-state index contributed by atoms with van der Waals surface area (Å²) in [5.41, 5.74) is 0.636. The molecule has 0 aromatic heterocycles. The Morgan fingerprint density at radius 2 is 2.25 bits per heavy atom. The number of fused-ring (bicyclic) bond motifs is 1. The lowest BCUT2D eigenvalue weighted by molar-refractivity contribution is -0.145.